The Balaban J connectivity index is 1.73. The van der Waals surface area contributed by atoms with Crippen LogP contribution in [0.2, 0.25) is 0 Å². The number of aliphatic hydroxyl groups is 1. The standard InChI is InChI=1S/C27H27N3O5/c1-3-16-35-22-7-4-6-20(17-22)24-23(25(31)19-8-10-21(34-2)11-9-19)26(32)27(33)30(24)14-5-13-29-15-12-28-18-29/h3-4,6-12,15,17-18,24,31H,1,5,13-14,16H2,2H3/t24-/m1/s1. The molecular weight excluding hydrogens is 446 g/mol. The Kier molecular flexibility index (Phi) is 7.30. The normalized spacial score (nSPS) is 16.9. The molecule has 3 aromatic rings. The zero-order valence-electron chi connectivity index (χ0n) is 19.5. The smallest absolute Gasteiger partial charge is 0.295 e. The van der Waals surface area contributed by atoms with E-state index in [0.717, 1.165) is 0 Å². The van der Waals surface area contributed by atoms with Crippen LogP contribution in [0.5, 0.6) is 11.5 Å². The number of aliphatic hydroxyl groups excluding tert-OH is 1. The Hall–Kier alpha value is -4.33. The molecule has 1 amide bonds. The van der Waals surface area contributed by atoms with Crippen LogP contribution < -0.4 is 9.47 Å². The number of rotatable bonds is 10. The number of ether oxygens (including phenoxy) is 2. The van der Waals surface area contributed by atoms with E-state index in [-0.39, 0.29) is 11.3 Å². The number of hydrogen-bond donors (Lipinski definition) is 1. The zero-order chi connectivity index (χ0) is 24.8. The lowest BCUT2D eigenvalue weighted by Crippen LogP contribution is -2.31. The van der Waals surface area contributed by atoms with E-state index >= 15 is 0 Å². The van der Waals surface area contributed by atoms with Crippen LogP contribution in [0.4, 0.5) is 0 Å². The molecule has 1 aromatic heterocycles. The summed E-state index contributed by atoms with van der Waals surface area (Å²) in [6.45, 7) is 4.94. The average Bonchev–Trinajstić information content (AvgIpc) is 3.49. The van der Waals surface area contributed by atoms with Gasteiger partial charge in [-0.05, 0) is 48.4 Å². The van der Waals surface area contributed by atoms with Crippen molar-refractivity contribution in [3.63, 3.8) is 0 Å². The summed E-state index contributed by atoms with van der Waals surface area (Å²) in [6.07, 6.45) is 7.48. The highest BCUT2D eigenvalue weighted by Gasteiger charge is 2.45. The number of amides is 1. The first-order valence-corrected chi connectivity index (χ1v) is 11.3. The van der Waals surface area contributed by atoms with Gasteiger partial charge in [0.15, 0.2) is 0 Å². The molecule has 0 radical (unpaired) electrons. The molecule has 2 heterocycles. The van der Waals surface area contributed by atoms with Crippen LogP contribution in [0.1, 0.15) is 23.6 Å². The lowest BCUT2D eigenvalue weighted by Gasteiger charge is -2.25. The first-order chi connectivity index (χ1) is 17.0. The number of carbonyl (C=O) groups excluding carboxylic acids is 2. The number of nitrogens with zero attached hydrogens (tertiary/aromatic N) is 3. The molecule has 1 N–H and O–H groups in total. The van der Waals surface area contributed by atoms with Gasteiger partial charge >= 0.3 is 0 Å². The summed E-state index contributed by atoms with van der Waals surface area (Å²) in [7, 11) is 1.55. The van der Waals surface area contributed by atoms with Gasteiger partial charge in [0, 0.05) is 31.0 Å². The molecule has 0 spiro atoms. The number of ketones is 1. The van der Waals surface area contributed by atoms with Crippen molar-refractivity contribution in [1.82, 2.24) is 14.5 Å². The van der Waals surface area contributed by atoms with Gasteiger partial charge in [-0.25, -0.2) is 4.98 Å². The van der Waals surface area contributed by atoms with E-state index in [9.17, 15) is 14.7 Å². The Morgan fingerprint density at radius 1 is 1.14 bits per heavy atom. The molecule has 2 aromatic carbocycles. The molecular formula is C27H27N3O5. The minimum atomic E-state index is -0.757. The van der Waals surface area contributed by atoms with E-state index in [1.807, 2.05) is 16.8 Å². The second kappa shape index (κ2) is 10.7. The van der Waals surface area contributed by atoms with E-state index in [4.69, 9.17) is 9.47 Å². The number of benzene rings is 2. The van der Waals surface area contributed by atoms with E-state index < -0.39 is 17.7 Å². The van der Waals surface area contributed by atoms with Crippen molar-refractivity contribution in [2.24, 2.45) is 0 Å². The topological polar surface area (TPSA) is 93.9 Å². The molecule has 1 saturated heterocycles. The van der Waals surface area contributed by atoms with Crippen molar-refractivity contribution < 1.29 is 24.2 Å². The number of hydrogen-bond acceptors (Lipinski definition) is 6. The summed E-state index contributed by atoms with van der Waals surface area (Å²) in [5.74, 6) is -0.400. The summed E-state index contributed by atoms with van der Waals surface area (Å²) < 4.78 is 12.8. The number of likely N-dealkylation sites (tertiary alicyclic amines) is 1. The molecule has 35 heavy (non-hydrogen) atoms. The largest absolute Gasteiger partial charge is 0.507 e. The highest BCUT2D eigenvalue weighted by atomic mass is 16.5. The number of methoxy groups -OCH3 is 1. The van der Waals surface area contributed by atoms with Crippen molar-refractivity contribution in [3.05, 3.63) is 96.6 Å². The van der Waals surface area contributed by atoms with E-state index in [2.05, 4.69) is 11.6 Å². The molecule has 0 bridgehead atoms. The quantitative estimate of drug-likeness (QED) is 0.207. The van der Waals surface area contributed by atoms with Crippen LogP contribution in [0, 0.1) is 0 Å². The number of imidazole rings is 1. The Bertz CT molecular complexity index is 1230. The fourth-order valence-corrected chi connectivity index (χ4v) is 4.13. The maximum absolute atomic E-state index is 13.2. The Labute approximate surface area is 203 Å². The fraction of sp³-hybridized carbons (Fsp3) is 0.222. The van der Waals surface area contributed by atoms with Gasteiger partial charge in [-0.3, -0.25) is 9.59 Å². The van der Waals surface area contributed by atoms with Crippen molar-refractivity contribution in [3.8, 4) is 11.5 Å². The van der Waals surface area contributed by atoms with Crippen LogP contribution in [0.15, 0.2) is 85.5 Å². The van der Waals surface area contributed by atoms with Crippen molar-refractivity contribution in [1.29, 1.82) is 0 Å². The minimum absolute atomic E-state index is 0.0451. The first kappa shape index (κ1) is 23.8. The monoisotopic (exact) mass is 473 g/mol. The zero-order valence-corrected chi connectivity index (χ0v) is 19.5. The molecule has 0 saturated carbocycles. The summed E-state index contributed by atoms with van der Waals surface area (Å²) in [5.41, 5.74) is 1.14. The molecule has 1 aliphatic rings. The number of Topliss-reactive ketones (excluding diaryl/α,β-unsaturated/α-hetero) is 1. The maximum atomic E-state index is 13.2. The summed E-state index contributed by atoms with van der Waals surface area (Å²) in [5, 5.41) is 11.2. The SMILES string of the molecule is C=CCOc1cccc([C@@H]2C(=C(O)c3ccc(OC)cc3)C(=O)C(=O)N2CCCn2ccnc2)c1. The number of carbonyl (C=O) groups is 2. The molecule has 1 atom stereocenters. The van der Waals surface area contributed by atoms with Gasteiger partial charge in [0.25, 0.3) is 11.7 Å². The predicted molar refractivity (Wildman–Crippen MR) is 131 cm³/mol. The molecule has 1 aliphatic heterocycles. The second-order valence-electron chi connectivity index (χ2n) is 8.05. The predicted octanol–water partition coefficient (Wildman–Crippen LogP) is 3.97. The molecule has 0 aliphatic carbocycles. The van der Waals surface area contributed by atoms with Gasteiger partial charge in [-0.15, -0.1) is 0 Å². The summed E-state index contributed by atoms with van der Waals surface area (Å²) in [6, 6.07) is 13.1. The molecule has 8 heteroatoms. The van der Waals surface area contributed by atoms with Crippen molar-refractivity contribution in [2.45, 2.75) is 19.0 Å². The van der Waals surface area contributed by atoms with E-state index in [1.54, 1.807) is 68.2 Å². The average molecular weight is 474 g/mol. The van der Waals surface area contributed by atoms with Gasteiger partial charge in [0.05, 0.1) is 25.1 Å². The maximum Gasteiger partial charge on any atom is 0.295 e. The van der Waals surface area contributed by atoms with Crippen LogP contribution in [-0.2, 0) is 16.1 Å². The van der Waals surface area contributed by atoms with Crippen LogP contribution in [0.25, 0.3) is 5.76 Å². The Morgan fingerprint density at radius 3 is 2.63 bits per heavy atom. The summed E-state index contributed by atoms with van der Waals surface area (Å²) in [4.78, 5) is 31.9. The number of aryl methyl sites for hydroxylation is 1. The number of aromatic nitrogens is 2. The molecule has 8 nitrogen and oxygen atoms in total. The van der Waals surface area contributed by atoms with Crippen LogP contribution in [-0.4, -0.2) is 51.5 Å². The van der Waals surface area contributed by atoms with Gasteiger partial charge < -0.3 is 24.0 Å². The highest BCUT2D eigenvalue weighted by Crippen LogP contribution is 2.40. The van der Waals surface area contributed by atoms with Crippen LogP contribution in [0.3, 0.4) is 0 Å². The molecule has 0 unspecified atom stereocenters. The van der Waals surface area contributed by atoms with Crippen molar-refractivity contribution in [2.75, 3.05) is 20.3 Å². The Morgan fingerprint density at radius 2 is 1.94 bits per heavy atom. The van der Waals surface area contributed by atoms with Gasteiger partial charge in [-0.2, -0.15) is 0 Å². The minimum Gasteiger partial charge on any atom is -0.507 e. The van der Waals surface area contributed by atoms with Crippen LogP contribution >= 0.6 is 0 Å². The lowest BCUT2D eigenvalue weighted by atomic mass is 9.95. The second-order valence-corrected chi connectivity index (χ2v) is 8.05. The summed E-state index contributed by atoms with van der Waals surface area (Å²) >= 11 is 0. The van der Waals surface area contributed by atoms with Gasteiger partial charge in [0.1, 0.15) is 23.9 Å². The third-order valence-corrected chi connectivity index (χ3v) is 5.82. The first-order valence-electron chi connectivity index (χ1n) is 11.3. The third-order valence-electron chi connectivity index (χ3n) is 5.82. The van der Waals surface area contributed by atoms with Gasteiger partial charge in [0.2, 0.25) is 0 Å². The lowest BCUT2D eigenvalue weighted by molar-refractivity contribution is -0.139. The van der Waals surface area contributed by atoms with E-state index in [1.165, 1.54) is 4.90 Å². The highest BCUT2D eigenvalue weighted by molar-refractivity contribution is 6.46. The van der Waals surface area contributed by atoms with Crippen molar-refractivity contribution >= 4 is 17.4 Å². The molecule has 4 rings (SSSR count). The van der Waals surface area contributed by atoms with E-state index in [0.29, 0.717) is 48.7 Å². The molecule has 1 fully saturated rings. The third kappa shape index (κ3) is 5.11. The molecule has 180 valence electrons. The fourth-order valence-electron chi connectivity index (χ4n) is 4.13. The van der Waals surface area contributed by atoms with Gasteiger partial charge in [-0.1, -0.05) is 24.8 Å².